The molecular weight excluding hydrogens is 396 g/mol. The molecule has 0 amide bonds. The second-order valence-electron chi connectivity index (χ2n) is 8.00. The average molecular weight is 417 g/mol. The van der Waals surface area contributed by atoms with Crippen molar-refractivity contribution in [3.8, 4) is 11.5 Å². The van der Waals surface area contributed by atoms with Gasteiger partial charge in [-0.15, -0.1) is 0 Å². The van der Waals surface area contributed by atoms with Crippen LogP contribution in [0, 0.1) is 0 Å². The van der Waals surface area contributed by atoms with Gasteiger partial charge in [0.2, 0.25) is 0 Å². The molecule has 1 unspecified atom stereocenters. The van der Waals surface area contributed by atoms with Crippen molar-refractivity contribution in [3.63, 3.8) is 0 Å². The zero-order valence-electron chi connectivity index (χ0n) is 16.5. The first kappa shape index (κ1) is 17.8. The Balaban J connectivity index is 1.45. The molecule has 3 aromatic heterocycles. The number of hydrogen-bond donors (Lipinski definition) is 1. The molecule has 1 aliphatic heterocycles. The predicted molar refractivity (Wildman–Crippen MR) is 118 cm³/mol. The highest BCUT2D eigenvalue weighted by atomic mass is 35.5. The quantitative estimate of drug-likeness (QED) is 0.514. The molecule has 2 aliphatic rings. The third-order valence-electron chi connectivity index (χ3n) is 6.11. The summed E-state index contributed by atoms with van der Waals surface area (Å²) in [6, 6.07) is 11.8. The van der Waals surface area contributed by atoms with E-state index in [0.29, 0.717) is 5.82 Å². The number of nitrogens with one attached hydrogen (secondary N) is 1. The van der Waals surface area contributed by atoms with Crippen molar-refractivity contribution in [2.75, 3.05) is 11.4 Å². The molecular formula is C23H21ClN6. The highest BCUT2D eigenvalue weighted by molar-refractivity contribution is 6.31. The molecule has 0 spiro atoms. The van der Waals surface area contributed by atoms with E-state index in [-0.39, 0.29) is 6.04 Å². The minimum atomic E-state index is 0.173. The van der Waals surface area contributed by atoms with E-state index in [1.165, 1.54) is 11.3 Å². The molecule has 4 aromatic rings. The summed E-state index contributed by atoms with van der Waals surface area (Å²) in [6.45, 7) is 0.966. The molecule has 6 rings (SSSR count). The van der Waals surface area contributed by atoms with Gasteiger partial charge in [-0.1, -0.05) is 17.7 Å². The van der Waals surface area contributed by atoms with Crippen molar-refractivity contribution in [1.29, 1.82) is 0 Å². The van der Waals surface area contributed by atoms with Crippen LogP contribution in [-0.4, -0.2) is 31.5 Å². The standard InChI is InChI=1S/C23H21ClN6/c24-14-9-10-17-19(13-14)28-22(27-17)20-8-4-12-30(20)23-15-5-3-7-16(15)26-21(29-23)18-6-1-2-11-25-18/h1-2,6,9-11,13,20H,3-5,7-8,12H2,(H,27,28). The van der Waals surface area contributed by atoms with Crippen LogP contribution in [0.1, 0.15) is 42.4 Å². The number of fused-ring (bicyclic) bond motifs is 2. The number of anilines is 1. The fraction of sp³-hybridized carbons (Fsp3) is 0.304. The molecule has 1 saturated heterocycles. The topological polar surface area (TPSA) is 70.6 Å². The fourth-order valence-electron chi connectivity index (χ4n) is 4.72. The number of benzene rings is 1. The summed E-state index contributed by atoms with van der Waals surface area (Å²) in [7, 11) is 0. The highest BCUT2D eigenvalue weighted by Crippen LogP contribution is 2.39. The van der Waals surface area contributed by atoms with E-state index in [1.54, 1.807) is 6.20 Å². The Morgan fingerprint density at radius 3 is 2.90 bits per heavy atom. The van der Waals surface area contributed by atoms with Crippen molar-refractivity contribution in [2.45, 2.75) is 38.1 Å². The Hall–Kier alpha value is -2.99. The zero-order chi connectivity index (χ0) is 20.1. The summed E-state index contributed by atoms with van der Waals surface area (Å²) in [5, 5.41) is 0.717. The Morgan fingerprint density at radius 2 is 2.00 bits per heavy atom. The van der Waals surface area contributed by atoms with E-state index in [0.717, 1.165) is 72.0 Å². The lowest BCUT2D eigenvalue weighted by atomic mass is 10.1. The van der Waals surface area contributed by atoms with Crippen molar-refractivity contribution in [2.24, 2.45) is 0 Å². The van der Waals surface area contributed by atoms with E-state index < -0.39 is 0 Å². The summed E-state index contributed by atoms with van der Waals surface area (Å²) in [4.78, 5) is 25.2. The minimum absolute atomic E-state index is 0.173. The Kier molecular flexibility index (Phi) is 4.20. The third kappa shape index (κ3) is 2.94. The molecule has 1 aromatic carbocycles. The molecule has 7 heteroatoms. The normalized spacial score (nSPS) is 18.3. The van der Waals surface area contributed by atoms with Crippen molar-refractivity contribution < 1.29 is 0 Å². The van der Waals surface area contributed by atoms with Crippen molar-refractivity contribution in [1.82, 2.24) is 24.9 Å². The van der Waals surface area contributed by atoms with E-state index in [4.69, 9.17) is 26.6 Å². The molecule has 4 heterocycles. The van der Waals surface area contributed by atoms with Crippen LogP contribution in [0.3, 0.4) is 0 Å². The first-order chi connectivity index (χ1) is 14.8. The summed E-state index contributed by atoms with van der Waals surface area (Å²) >= 11 is 6.17. The van der Waals surface area contributed by atoms with Crippen LogP contribution < -0.4 is 4.90 Å². The predicted octanol–water partition coefficient (Wildman–Crippen LogP) is 4.90. The lowest BCUT2D eigenvalue weighted by Crippen LogP contribution is -2.26. The second kappa shape index (κ2) is 7.06. The van der Waals surface area contributed by atoms with Gasteiger partial charge in [-0.25, -0.2) is 15.0 Å². The first-order valence-electron chi connectivity index (χ1n) is 10.5. The summed E-state index contributed by atoms with van der Waals surface area (Å²) in [5.74, 6) is 2.75. The first-order valence-corrected chi connectivity index (χ1v) is 10.9. The number of aromatic nitrogens is 5. The van der Waals surface area contributed by atoms with Gasteiger partial charge in [0.25, 0.3) is 0 Å². The van der Waals surface area contributed by atoms with Gasteiger partial charge < -0.3 is 9.88 Å². The van der Waals surface area contributed by atoms with Gasteiger partial charge in [0.05, 0.1) is 17.1 Å². The highest BCUT2D eigenvalue weighted by Gasteiger charge is 2.33. The van der Waals surface area contributed by atoms with Gasteiger partial charge in [0.15, 0.2) is 5.82 Å². The summed E-state index contributed by atoms with van der Waals surface area (Å²) < 4.78 is 0. The minimum Gasteiger partial charge on any atom is -0.346 e. The molecule has 30 heavy (non-hydrogen) atoms. The van der Waals surface area contributed by atoms with E-state index in [2.05, 4.69) is 14.9 Å². The molecule has 0 bridgehead atoms. The molecule has 1 aliphatic carbocycles. The summed E-state index contributed by atoms with van der Waals surface area (Å²) in [6.07, 6.45) is 7.12. The van der Waals surface area contributed by atoms with E-state index in [9.17, 15) is 0 Å². The number of rotatable bonds is 3. The van der Waals surface area contributed by atoms with Gasteiger partial charge in [-0.2, -0.15) is 0 Å². The lowest BCUT2D eigenvalue weighted by Gasteiger charge is -2.26. The molecule has 1 atom stereocenters. The number of imidazole rings is 1. The maximum atomic E-state index is 6.17. The Bertz CT molecular complexity index is 1240. The zero-order valence-corrected chi connectivity index (χ0v) is 17.2. The smallest absolute Gasteiger partial charge is 0.180 e. The van der Waals surface area contributed by atoms with Gasteiger partial charge in [0.1, 0.15) is 17.3 Å². The molecule has 0 radical (unpaired) electrons. The number of nitrogens with zero attached hydrogens (tertiary/aromatic N) is 5. The molecule has 1 fully saturated rings. The Labute approximate surface area is 179 Å². The Morgan fingerprint density at radius 1 is 1.03 bits per heavy atom. The third-order valence-corrected chi connectivity index (χ3v) is 6.34. The maximum Gasteiger partial charge on any atom is 0.180 e. The van der Waals surface area contributed by atoms with Crippen LogP contribution >= 0.6 is 11.6 Å². The molecule has 6 nitrogen and oxygen atoms in total. The van der Waals surface area contributed by atoms with Gasteiger partial charge in [-0.05, 0) is 62.4 Å². The van der Waals surface area contributed by atoms with Crippen LogP contribution in [-0.2, 0) is 12.8 Å². The lowest BCUT2D eigenvalue weighted by molar-refractivity contribution is 0.669. The summed E-state index contributed by atoms with van der Waals surface area (Å²) in [5.41, 5.74) is 5.21. The largest absolute Gasteiger partial charge is 0.346 e. The van der Waals surface area contributed by atoms with Crippen molar-refractivity contribution >= 4 is 28.5 Å². The number of pyridine rings is 1. The number of aryl methyl sites for hydroxylation is 1. The monoisotopic (exact) mass is 416 g/mol. The average Bonchev–Trinajstić information content (AvgIpc) is 3.51. The van der Waals surface area contributed by atoms with Crippen molar-refractivity contribution in [3.05, 3.63) is 64.7 Å². The van der Waals surface area contributed by atoms with Crippen LogP contribution in [0.2, 0.25) is 5.02 Å². The second-order valence-corrected chi connectivity index (χ2v) is 8.44. The number of H-pyrrole nitrogens is 1. The number of hydrogen-bond acceptors (Lipinski definition) is 5. The van der Waals surface area contributed by atoms with Crippen LogP contribution in [0.15, 0.2) is 42.6 Å². The number of aromatic amines is 1. The molecule has 1 N–H and O–H groups in total. The molecule has 0 saturated carbocycles. The SMILES string of the molecule is Clc1ccc2nc(C3CCCN3c3nc(-c4ccccn4)nc4c3CCC4)[nH]c2c1. The van der Waals surface area contributed by atoms with Gasteiger partial charge in [-0.3, -0.25) is 4.98 Å². The van der Waals surface area contributed by atoms with Gasteiger partial charge >= 0.3 is 0 Å². The van der Waals surface area contributed by atoms with Gasteiger partial charge in [0, 0.05) is 29.0 Å². The number of halogens is 1. The van der Waals surface area contributed by atoms with Crippen LogP contribution in [0.4, 0.5) is 5.82 Å². The van der Waals surface area contributed by atoms with Crippen LogP contribution in [0.5, 0.6) is 0 Å². The van der Waals surface area contributed by atoms with E-state index >= 15 is 0 Å². The fourth-order valence-corrected chi connectivity index (χ4v) is 4.90. The molecule has 150 valence electrons. The van der Waals surface area contributed by atoms with E-state index in [1.807, 2.05) is 36.4 Å². The maximum absolute atomic E-state index is 6.17. The van der Waals surface area contributed by atoms with Crippen LogP contribution in [0.25, 0.3) is 22.6 Å².